The molecule has 0 unspecified atom stereocenters. The molecule has 2 aromatic rings. The van der Waals surface area contributed by atoms with Gasteiger partial charge in [-0.2, -0.15) is 0 Å². The minimum absolute atomic E-state index is 0.139. The van der Waals surface area contributed by atoms with Gasteiger partial charge in [0.15, 0.2) is 0 Å². The zero-order valence-corrected chi connectivity index (χ0v) is 10.8. The first kappa shape index (κ1) is 12.3. The highest BCUT2D eigenvalue weighted by Gasteiger charge is 2.18. The molecule has 0 atom stereocenters. The summed E-state index contributed by atoms with van der Waals surface area (Å²) in [6.45, 7) is 6.67. The van der Waals surface area contributed by atoms with Crippen LogP contribution in [-0.4, -0.2) is 15.1 Å². The molecule has 2 heterocycles. The quantitative estimate of drug-likeness (QED) is 0.861. The van der Waals surface area contributed by atoms with E-state index in [1.165, 1.54) is 6.26 Å². The maximum atomic E-state index is 5.78. The maximum Gasteiger partial charge on any atom is 0.138 e. The van der Waals surface area contributed by atoms with E-state index in [9.17, 15) is 0 Å². The highest BCUT2D eigenvalue weighted by molar-refractivity contribution is 5.45. The number of aromatic nitrogens is 3. The summed E-state index contributed by atoms with van der Waals surface area (Å²) >= 11 is 0. The number of hydrogen-bond donors (Lipinski definition) is 2. The summed E-state index contributed by atoms with van der Waals surface area (Å²) in [5, 5.41) is 6.96. The van der Waals surface area contributed by atoms with Crippen molar-refractivity contribution in [3.8, 4) is 0 Å². The van der Waals surface area contributed by atoms with Gasteiger partial charge in [-0.25, -0.2) is 9.97 Å². The summed E-state index contributed by atoms with van der Waals surface area (Å²) < 4.78 is 4.76. The zero-order valence-electron chi connectivity index (χ0n) is 10.8. The summed E-state index contributed by atoms with van der Waals surface area (Å²) in [7, 11) is 0. The first-order chi connectivity index (χ1) is 8.45. The summed E-state index contributed by atoms with van der Waals surface area (Å²) in [5.41, 5.74) is 6.45. The fourth-order valence-electron chi connectivity index (χ4n) is 1.40. The lowest BCUT2D eigenvalue weighted by Crippen LogP contribution is -2.18. The largest absolute Gasteiger partial charge is 0.384 e. The molecule has 0 radical (unpaired) electrons. The standard InChI is InChI=1S/C12H17N5O/c1-12(2,3)11-15-9(13)6-10(16-11)14-7-8-4-5-18-17-8/h4-6H,7H2,1-3H3,(H3,13,14,15,16). The topological polar surface area (TPSA) is 89.9 Å². The Hall–Kier alpha value is -2.11. The normalized spacial score (nSPS) is 11.5. The molecule has 0 bridgehead atoms. The Morgan fingerprint density at radius 1 is 1.33 bits per heavy atom. The van der Waals surface area contributed by atoms with Gasteiger partial charge in [0.1, 0.15) is 29.4 Å². The third-order valence-electron chi connectivity index (χ3n) is 2.36. The van der Waals surface area contributed by atoms with E-state index in [0.29, 0.717) is 24.0 Å². The summed E-state index contributed by atoms with van der Waals surface area (Å²) in [4.78, 5) is 8.69. The van der Waals surface area contributed by atoms with Crippen molar-refractivity contribution in [3.05, 3.63) is 29.9 Å². The molecule has 0 aromatic carbocycles. The predicted octanol–water partition coefficient (Wildman–Crippen LogP) is 1.96. The Labute approximate surface area is 106 Å². The number of rotatable bonds is 3. The number of nitrogen functional groups attached to an aromatic ring is 1. The third kappa shape index (κ3) is 2.97. The molecule has 96 valence electrons. The van der Waals surface area contributed by atoms with Gasteiger partial charge in [-0.3, -0.25) is 0 Å². The minimum atomic E-state index is -0.139. The van der Waals surface area contributed by atoms with Gasteiger partial charge in [0.25, 0.3) is 0 Å². The molecule has 0 aliphatic carbocycles. The summed E-state index contributed by atoms with van der Waals surface area (Å²) in [6.07, 6.45) is 1.53. The fourth-order valence-corrected chi connectivity index (χ4v) is 1.40. The van der Waals surface area contributed by atoms with Crippen LogP contribution >= 0.6 is 0 Å². The van der Waals surface area contributed by atoms with Crippen molar-refractivity contribution in [2.75, 3.05) is 11.1 Å². The lowest BCUT2D eigenvalue weighted by molar-refractivity contribution is 0.412. The molecule has 0 aliphatic rings. The highest BCUT2D eigenvalue weighted by atomic mass is 16.5. The van der Waals surface area contributed by atoms with Gasteiger partial charge in [0.05, 0.1) is 6.54 Å². The van der Waals surface area contributed by atoms with E-state index in [0.717, 1.165) is 5.69 Å². The smallest absolute Gasteiger partial charge is 0.138 e. The Kier molecular flexibility index (Phi) is 3.18. The van der Waals surface area contributed by atoms with Crippen LogP contribution < -0.4 is 11.1 Å². The summed E-state index contributed by atoms with van der Waals surface area (Å²) in [6, 6.07) is 3.50. The first-order valence-electron chi connectivity index (χ1n) is 5.73. The van der Waals surface area contributed by atoms with Gasteiger partial charge in [0, 0.05) is 17.5 Å². The fraction of sp³-hybridized carbons (Fsp3) is 0.417. The maximum absolute atomic E-state index is 5.78. The van der Waals surface area contributed by atoms with Crippen molar-refractivity contribution >= 4 is 11.6 Å². The van der Waals surface area contributed by atoms with Crippen molar-refractivity contribution < 1.29 is 4.52 Å². The molecule has 0 aliphatic heterocycles. The molecule has 0 amide bonds. The van der Waals surface area contributed by atoms with Crippen molar-refractivity contribution in [3.63, 3.8) is 0 Å². The lowest BCUT2D eigenvalue weighted by Gasteiger charge is -2.17. The number of nitrogens with zero attached hydrogens (tertiary/aromatic N) is 3. The highest BCUT2D eigenvalue weighted by Crippen LogP contribution is 2.21. The minimum Gasteiger partial charge on any atom is -0.384 e. The third-order valence-corrected chi connectivity index (χ3v) is 2.36. The van der Waals surface area contributed by atoms with Crippen molar-refractivity contribution in [1.29, 1.82) is 0 Å². The molecule has 18 heavy (non-hydrogen) atoms. The van der Waals surface area contributed by atoms with E-state index in [-0.39, 0.29) is 5.41 Å². The number of nitrogens with two attached hydrogens (primary N) is 1. The average Bonchev–Trinajstić information content (AvgIpc) is 2.77. The van der Waals surface area contributed by atoms with E-state index in [1.807, 2.05) is 20.8 Å². The average molecular weight is 247 g/mol. The number of hydrogen-bond acceptors (Lipinski definition) is 6. The lowest BCUT2D eigenvalue weighted by atomic mass is 9.96. The summed E-state index contributed by atoms with van der Waals surface area (Å²) in [5.74, 6) is 1.86. The monoisotopic (exact) mass is 247 g/mol. The van der Waals surface area contributed by atoms with Crippen LogP contribution in [0.4, 0.5) is 11.6 Å². The molecule has 0 fully saturated rings. The second-order valence-corrected chi connectivity index (χ2v) is 5.10. The van der Waals surface area contributed by atoms with E-state index in [1.54, 1.807) is 12.1 Å². The SMILES string of the molecule is CC(C)(C)c1nc(N)cc(NCc2ccon2)n1. The van der Waals surface area contributed by atoms with Crippen molar-refractivity contribution in [2.24, 2.45) is 0 Å². The number of nitrogens with one attached hydrogen (secondary N) is 1. The van der Waals surface area contributed by atoms with Gasteiger partial charge in [-0.15, -0.1) is 0 Å². The molecule has 3 N–H and O–H groups in total. The molecule has 2 rings (SSSR count). The van der Waals surface area contributed by atoms with Gasteiger partial charge in [-0.05, 0) is 0 Å². The molecule has 6 heteroatoms. The van der Waals surface area contributed by atoms with Gasteiger partial charge >= 0.3 is 0 Å². The Bertz CT molecular complexity index is 516. The Morgan fingerprint density at radius 3 is 2.72 bits per heavy atom. The van der Waals surface area contributed by atoms with Gasteiger partial charge < -0.3 is 15.6 Å². The van der Waals surface area contributed by atoms with Crippen LogP contribution in [0.5, 0.6) is 0 Å². The Balaban J connectivity index is 2.15. The predicted molar refractivity (Wildman–Crippen MR) is 69.0 cm³/mol. The van der Waals surface area contributed by atoms with Crippen molar-refractivity contribution in [2.45, 2.75) is 32.7 Å². The first-order valence-corrected chi connectivity index (χ1v) is 5.73. The van der Waals surface area contributed by atoms with E-state index >= 15 is 0 Å². The molecule has 0 saturated heterocycles. The second-order valence-electron chi connectivity index (χ2n) is 5.10. The molecule has 6 nitrogen and oxygen atoms in total. The molecule has 0 saturated carbocycles. The Morgan fingerprint density at radius 2 is 2.11 bits per heavy atom. The van der Waals surface area contributed by atoms with E-state index < -0.39 is 0 Å². The van der Waals surface area contributed by atoms with E-state index in [2.05, 4.69) is 20.4 Å². The van der Waals surface area contributed by atoms with Crippen molar-refractivity contribution in [1.82, 2.24) is 15.1 Å². The van der Waals surface area contributed by atoms with Crippen LogP contribution in [0.3, 0.4) is 0 Å². The zero-order chi connectivity index (χ0) is 13.2. The van der Waals surface area contributed by atoms with Crippen LogP contribution in [0.15, 0.2) is 22.9 Å². The van der Waals surface area contributed by atoms with Gasteiger partial charge in [0.2, 0.25) is 0 Å². The number of anilines is 2. The van der Waals surface area contributed by atoms with Crippen LogP contribution in [0.25, 0.3) is 0 Å². The molecule has 2 aromatic heterocycles. The van der Waals surface area contributed by atoms with Gasteiger partial charge in [-0.1, -0.05) is 25.9 Å². The van der Waals surface area contributed by atoms with E-state index in [4.69, 9.17) is 10.3 Å². The molecular formula is C12H17N5O. The van der Waals surface area contributed by atoms with Crippen LogP contribution in [0, 0.1) is 0 Å². The molecule has 0 spiro atoms. The van der Waals surface area contributed by atoms with Crippen LogP contribution in [-0.2, 0) is 12.0 Å². The van der Waals surface area contributed by atoms with Crippen LogP contribution in [0.2, 0.25) is 0 Å². The molecular weight excluding hydrogens is 230 g/mol. The van der Waals surface area contributed by atoms with Crippen LogP contribution in [0.1, 0.15) is 32.3 Å². The second kappa shape index (κ2) is 4.64.